The summed E-state index contributed by atoms with van der Waals surface area (Å²) in [5.74, 6) is 0.202. The summed E-state index contributed by atoms with van der Waals surface area (Å²) in [6.45, 7) is 0. The van der Waals surface area contributed by atoms with Crippen LogP contribution in [0.25, 0.3) is 0 Å². The van der Waals surface area contributed by atoms with E-state index in [1.54, 1.807) is 0 Å². The lowest BCUT2D eigenvalue weighted by atomic mass is 9.89. The second kappa shape index (κ2) is 2.63. The second-order valence-electron chi connectivity index (χ2n) is 3.31. The highest BCUT2D eigenvalue weighted by molar-refractivity contribution is 5.22. The second-order valence-corrected chi connectivity index (χ2v) is 3.31. The minimum Gasteiger partial charge on any atom is -0.272 e. The van der Waals surface area contributed by atoms with E-state index >= 15 is 0 Å². The number of hydrogen-bond acceptors (Lipinski definition) is 2. The van der Waals surface area contributed by atoms with Crippen LogP contribution in [0.15, 0.2) is 6.20 Å². The zero-order valence-electron chi connectivity index (χ0n) is 7.12. The Morgan fingerprint density at radius 1 is 1.75 bits per heavy atom. The maximum Gasteiger partial charge on any atom is 0.0659 e. The maximum atomic E-state index is 8.77. The highest BCUT2D eigenvalue weighted by Gasteiger charge is 2.20. The van der Waals surface area contributed by atoms with Crippen molar-refractivity contribution in [1.29, 1.82) is 5.26 Å². The molecule has 1 aliphatic rings. The first-order valence-corrected chi connectivity index (χ1v) is 4.20. The summed E-state index contributed by atoms with van der Waals surface area (Å²) in [7, 11) is 1.94. The first-order valence-electron chi connectivity index (χ1n) is 4.20. The third kappa shape index (κ3) is 1.00. The fourth-order valence-electron chi connectivity index (χ4n) is 1.76. The molecule has 0 unspecified atom stereocenters. The van der Waals surface area contributed by atoms with Gasteiger partial charge in [0.1, 0.15) is 0 Å². The van der Waals surface area contributed by atoms with Crippen molar-refractivity contribution in [3.63, 3.8) is 0 Å². The van der Waals surface area contributed by atoms with Gasteiger partial charge in [-0.05, 0) is 18.4 Å². The van der Waals surface area contributed by atoms with Crippen molar-refractivity contribution < 1.29 is 0 Å². The normalized spacial score (nSPS) is 21.5. The Morgan fingerprint density at radius 2 is 2.58 bits per heavy atom. The maximum absolute atomic E-state index is 8.77. The van der Waals surface area contributed by atoms with Gasteiger partial charge in [0.2, 0.25) is 0 Å². The number of nitriles is 1. The fraction of sp³-hybridized carbons (Fsp3) is 0.556. The van der Waals surface area contributed by atoms with Crippen LogP contribution in [0.2, 0.25) is 0 Å². The molecule has 2 rings (SSSR count). The number of fused-ring (bicyclic) bond motifs is 1. The van der Waals surface area contributed by atoms with Crippen molar-refractivity contribution in [3.8, 4) is 6.07 Å². The van der Waals surface area contributed by atoms with Crippen LogP contribution in [0, 0.1) is 17.2 Å². The first kappa shape index (κ1) is 7.35. The Bertz CT molecular complexity index is 332. The largest absolute Gasteiger partial charge is 0.272 e. The molecule has 0 spiro atoms. The molecule has 0 amide bonds. The van der Waals surface area contributed by atoms with Crippen LogP contribution in [-0.2, 0) is 19.9 Å². The molecule has 0 N–H and O–H groups in total. The van der Waals surface area contributed by atoms with E-state index in [0.717, 1.165) is 19.3 Å². The zero-order valence-corrected chi connectivity index (χ0v) is 7.12. The number of rotatable bonds is 0. The molecule has 0 aromatic carbocycles. The van der Waals surface area contributed by atoms with Crippen molar-refractivity contribution >= 4 is 0 Å². The average Bonchev–Trinajstić information content (AvgIpc) is 2.47. The fourth-order valence-corrected chi connectivity index (χ4v) is 1.76. The molecule has 62 valence electrons. The number of hydrogen-bond donors (Lipinski definition) is 0. The highest BCUT2D eigenvalue weighted by atomic mass is 15.3. The predicted molar refractivity (Wildman–Crippen MR) is 44.3 cm³/mol. The van der Waals surface area contributed by atoms with Crippen molar-refractivity contribution in [1.82, 2.24) is 9.78 Å². The SMILES string of the molecule is Cn1ncc2c1C[C@@H](C#N)CC2. The summed E-state index contributed by atoms with van der Waals surface area (Å²) in [4.78, 5) is 0. The van der Waals surface area contributed by atoms with Crippen molar-refractivity contribution in [2.45, 2.75) is 19.3 Å². The van der Waals surface area contributed by atoms with E-state index < -0.39 is 0 Å². The van der Waals surface area contributed by atoms with E-state index in [1.807, 2.05) is 17.9 Å². The van der Waals surface area contributed by atoms with E-state index in [0.29, 0.717) is 0 Å². The van der Waals surface area contributed by atoms with Crippen molar-refractivity contribution in [2.75, 3.05) is 0 Å². The molecule has 1 atom stereocenters. The van der Waals surface area contributed by atoms with Crippen LogP contribution in [-0.4, -0.2) is 9.78 Å². The highest BCUT2D eigenvalue weighted by Crippen LogP contribution is 2.23. The van der Waals surface area contributed by atoms with Crippen LogP contribution >= 0.6 is 0 Å². The number of aromatic nitrogens is 2. The molecule has 3 heteroatoms. The van der Waals surface area contributed by atoms with Gasteiger partial charge >= 0.3 is 0 Å². The van der Waals surface area contributed by atoms with Crippen LogP contribution in [0.4, 0.5) is 0 Å². The van der Waals surface area contributed by atoms with Crippen LogP contribution in [0.3, 0.4) is 0 Å². The third-order valence-electron chi connectivity index (χ3n) is 2.53. The molecule has 3 nitrogen and oxygen atoms in total. The Morgan fingerprint density at radius 3 is 3.33 bits per heavy atom. The summed E-state index contributed by atoms with van der Waals surface area (Å²) in [5.41, 5.74) is 2.57. The molecule has 0 radical (unpaired) electrons. The van der Waals surface area contributed by atoms with E-state index in [9.17, 15) is 0 Å². The molecule has 0 bridgehead atoms. The zero-order chi connectivity index (χ0) is 8.55. The molecule has 0 fully saturated rings. The van der Waals surface area contributed by atoms with E-state index in [2.05, 4.69) is 11.2 Å². The van der Waals surface area contributed by atoms with Crippen molar-refractivity contribution in [2.24, 2.45) is 13.0 Å². The molecule has 12 heavy (non-hydrogen) atoms. The van der Waals surface area contributed by atoms with Gasteiger partial charge < -0.3 is 0 Å². The van der Waals surface area contributed by atoms with Gasteiger partial charge in [0.15, 0.2) is 0 Å². The van der Waals surface area contributed by atoms with Gasteiger partial charge in [-0.1, -0.05) is 0 Å². The Hall–Kier alpha value is -1.30. The molecule has 0 aliphatic heterocycles. The average molecular weight is 161 g/mol. The molecular formula is C9H11N3. The standard InChI is InChI=1S/C9H11N3/c1-12-9-4-7(5-10)2-3-8(9)6-11-12/h6-7H,2-4H2,1H3/t7-/m0/s1. The molecule has 1 heterocycles. The molecule has 1 aromatic rings. The van der Waals surface area contributed by atoms with Crippen LogP contribution < -0.4 is 0 Å². The summed E-state index contributed by atoms with van der Waals surface area (Å²) in [6.07, 6.45) is 4.81. The molecule has 1 aromatic heterocycles. The van der Waals surface area contributed by atoms with Gasteiger partial charge in [0.25, 0.3) is 0 Å². The lowest BCUT2D eigenvalue weighted by molar-refractivity contribution is 0.535. The Kier molecular flexibility index (Phi) is 1.61. The summed E-state index contributed by atoms with van der Waals surface area (Å²) < 4.78 is 1.89. The Labute approximate surface area is 71.6 Å². The van der Waals surface area contributed by atoms with Gasteiger partial charge in [-0.3, -0.25) is 4.68 Å². The third-order valence-corrected chi connectivity index (χ3v) is 2.53. The summed E-state index contributed by atoms with van der Waals surface area (Å²) in [5, 5.41) is 12.9. The predicted octanol–water partition coefficient (Wildman–Crippen LogP) is 1.05. The van der Waals surface area contributed by atoms with Gasteiger partial charge in [-0.15, -0.1) is 0 Å². The van der Waals surface area contributed by atoms with Gasteiger partial charge in [-0.2, -0.15) is 10.4 Å². The monoisotopic (exact) mass is 161 g/mol. The summed E-state index contributed by atoms with van der Waals surface area (Å²) in [6, 6.07) is 2.32. The molecule has 0 saturated heterocycles. The quantitative estimate of drug-likeness (QED) is 0.570. The molecular weight excluding hydrogens is 150 g/mol. The first-order chi connectivity index (χ1) is 5.81. The van der Waals surface area contributed by atoms with E-state index in [4.69, 9.17) is 5.26 Å². The number of aryl methyl sites for hydroxylation is 2. The van der Waals surface area contributed by atoms with Crippen molar-refractivity contribution in [3.05, 3.63) is 17.5 Å². The van der Waals surface area contributed by atoms with Crippen LogP contribution in [0.5, 0.6) is 0 Å². The van der Waals surface area contributed by atoms with E-state index in [1.165, 1.54) is 11.3 Å². The molecule has 0 saturated carbocycles. The Balaban J connectivity index is 2.33. The van der Waals surface area contributed by atoms with Gasteiger partial charge in [0, 0.05) is 19.2 Å². The molecule has 1 aliphatic carbocycles. The number of nitrogens with zero attached hydrogens (tertiary/aromatic N) is 3. The lowest BCUT2D eigenvalue weighted by Crippen LogP contribution is -2.14. The smallest absolute Gasteiger partial charge is 0.0659 e. The minimum atomic E-state index is 0.202. The van der Waals surface area contributed by atoms with Gasteiger partial charge in [-0.25, -0.2) is 0 Å². The van der Waals surface area contributed by atoms with Gasteiger partial charge in [0.05, 0.1) is 18.2 Å². The van der Waals surface area contributed by atoms with E-state index in [-0.39, 0.29) is 5.92 Å². The van der Waals surface area contributed by atoms with Crippen LogP contribution in [0.1, 0.15) is 17.7 Å². The topological polar surface area (TPSA) is 41.6 Å². The lowest BCUT2D eigenvalue weighted by Gasteiger charge is -2.16. The summed E-state index contributed by atoms with van der Waals surface area (Å²) >= 11 is 0. The minimum absolute atomic E-state index is 0.202.